The molecule has 0 spiro atoms. The Morgan fingerprint density at radius 3 is 2.52 bits per heavy atom. The first-order valence-electron chi connectivity index (χ1n) is 8.40. The van der Waals surface area contributed by atoms with Gasteiger partial charge in [-0.1, -0.05) is 12.8 Å². The van der Waals surface area contributed by atoms with Crippen molar-refractivity contribution in [1.82, 2.24) is 10.0 Å². The standard InChI is InChI=1S/C17H27N3O4S/c1-17(2,18)11-19-16(21)12-8-9-14(24-3)15(10-12)25(22,23)20-13-6-4-5-7-13/h8-10,13,20H,4-7,11,18H2,1-3H3,(H,19,21). The van der Waals surface area contributed by atoms with Crippen LogP contribution in [0.1, 0.15) is 49.9 Å². The van der Waals surface area contributed by atoms with Gasteiger partial charge in [0, 0.05) is 23.7 Å². The molecule has 8 heteroatoms. The summed E-state index contributed by atoms with van der Waals surface area (Å²) < 4.78 is 33.3. The summed E-state index contributed by atoms with van der Waals surface area (Å²) in [5.41, 5.74) is 5.55. The Bertz CT molecular complexity index is 720. The van der Waals surface area contributed by atoms with Crippen LogP contribution in [-0.4, -0.2) is 39.6 Å². The van der Waals surface area contributed by atoms with Gasteiger partial charge in [-0.25, -0.2) is 13.1 Å². The molecule has 7 nitrogen and oxygen atoms in total. The molecule has 140 valence electrons. The number of benzene rings is 1. The zero-order valence-corrected chi connectivity index (χ0v) is 15.8. The lowest BCUT2D eigenvalue weighted by molar-refractivity contribution is 0.0946. The molecule has 1 aromatic carbocycles. The molecule has 1 saturated carbocycles. The van der Waals surface area contributed by atoms with E-state index in [-0.39, 0.29) is 34.7 Å². The van der Waals surface area contributed by atoms with Gasteiger partial charge in [-0.3, -0.25) is 4.79 Å². The Morgan fingerprint density at radius 1 is 1.32 bits per heavy atom. The molecule has 1 fully saturated rings. The van der Waals surface area contributed by atoms with Crippen molar-refractivity contribution in [3.63, 3.8) is 0 Å². The molecule has 1 amide bonds. The fourth-order valence-corrected chi connectivity index (χ4v) is 4.26. The van der Waals surface area contributed by atoms with Crippen molar-refractivity contribution in [2.45, 2.75) is 56.0 Å². The third kappa shape index (κ3) is 5.42. The highest BCUT2D eigenvalue weighted by Gasteiger charge is 2.26. The van der Waals surface area contributed by atoms with E-state index in [9.17, 15) is 13.2 Å². The van der Waals surface area contributed by atoms with Gasteiger partial charge in [-0.15, -0.1) is 0 Å². The molecular formula is C17H27N3O4S. The zero-order chi connectivity index (χ0) is 18.7. The Balaban J connectivity index is 2.25. The molecule has 0 heterocycles. The average molecular weight is 369 g/mol. The fraction of sp³-hybridized carbons (Fsp3) is 0.588. The largest absolute Gasteiger partial charge is 0.495 e. The molecule has 25 heavy (non-hydrogen) atoms. The summed E-state index contributed by atoms with van der Waals surface area (Å²) in [6.45, 7) is 3.87. The lowest BCUT2D eigenvalue weighted by atomic mass is 10.1. The van der Waals surface area contributed by atoms with E-state index in [1.165, 1.54) is 25.3 Å². The van der Waals surface area contributed by atoms with Gasteiger partial charge in [0.05, 0.1) is 7.11 Å². The number of rotatable bonds is 7. The number of sulfonamides is 1. The minimum Gasteiger partial charge on any atom is -0.495 e. The minimum atomic E-state index is -3.77. The second kappa shape index (κ2) is 7.72. The van der Waals surface area contributed by atoms with Crippen LogP contribution in [0.25, 0.3) is 0 Å². The Kier molecular flexibility index (Phi) is 6.08. The van der Waals surface area contributed by atoms with Crippen LogP contribution in [0.3, 0.4) is 0 Å². The summed E-state index contributed by atoms with van der Waals surface area (Å²) in [5.74, 6) is -0.167. The molecule has 0 bridgehead atoms. The van der Waals surface area contributed by atoms with Crippen LogP contribution in [0.5, 0.6) is 5.75 Å². The number of hydrogen-bond acceptors (Lipinski definition) is 5. The molecule has 1 aliphatic carbocycles. The Labute approximate surface area is 149 Å². The van der Waals surface area contributed by atoms with Crippen molar-refractivity contribution in [3.8, 4) is 5.75 Å². The highest BCUT2D eigenvalue weighted by Crippen LogP contribution is 2.27. The maximum atomic E-state index is 12.7. The van der Waals surface area contributed by atoms with Crippen LogP contribution in [0.15, 0.2) is 23.1 Å². The van der Waals surface area contributed by atoms with Crippen LogP contribution in [0, 0.1) is 0 Å². The number of carbonyl (C=O) groups excluding carboxylic acids is 1. The van der Waals surface area contributed by atoms with E-state index in [1.807, 2.05) is 0 Å². The number of hydrogen-bond donors (Lipinski definition) is 3. The number of ether oxygens (including phenoxy) is 1. The first-order valence-corrected chi connectivity index (χ1v) is 9.88. The highest BCUT2D eigenvalue weighted by molar-refractivity contribution is 7.89. The molecule has 0 aliphatic heterocycles. The maximum absolute atomic E-state index is 12.7. The number of nitrogens with two attached hydrogens (primary N) is 1. The molecule has 0 radical (unpaired) electrons. The molecular weight excluding hydrogens is 342 g/mol. The lowest BCUT2D eigenvalue weighted by Crippen LogP contribution is -2.45. The second-order valence-corrected chi connectivity index (χ2v) is 8.82. The predicted octanol–water partition coefficient (Wildman–Crippen LogP) is 1.38. The third-order valence-corrected chi connectivity index (χ3v) is 5.64. The summed E-state index contributed by atoms with van der Waals surface area (Å²) in [4.78, 5) is 12.3. The van der Waals surface area contributed by atoms with Gasteiger partial charge in [0.25, 0.3) is 5.91 Å². The van der Waals surface area contributed by atoms with Crippen LogP contribution in [0.2, 0.25) is 0 Å². The van der Waals surface area contributed by atoms with Gasteiger partial charge in [-0.05, 0) is 44.9 Å². The van der Waals surface area contributed by atoms with Gasteiger partial charge in [0.2, 0.25) is 10.0 Å². The SMILES string of the molecule is COc1ccc(C(=O)NCC(C)(C)N)cc1S(=O)(=O)NC1CCCC1. The number of methoxy groups -OCH3 is 1. The highest BCUT2D eigenvalue weighted by atomic mass is 32.2. The Hall–Kier alpha value is -1.64. The maximum Gasteiger partial charge on any atom is 0.251 e. The molecule has 0 saturated heterocycles. The van der Waals surface area contributed by atoms with Crippen molar-refractivity contribution in [2.75, 3.05) is 13.7 Å². The molecule has 0 unspecified atom stereocenters. The normalized spacial score (nSPS) is 16.0. The van der Waals surface area contributed by atoms with Crippen molar-refractivity contribution >= 4 is 15.9 Å². The number of nitrogens with one attached hydrogen (secondary N) is 2. The smallest absolute Gasteiger partial charge is 0.251 e. The first-order chi connectivity index (χ1) is 11.6. The number of amides is 1. The lowest BCUT2D eigenvalue weighted by Gasteiger charge is -2.19. The van der Waals surface area contributed by atoms with Crippen molar-refractivity contribution in [3.05, 3.63) is 23.8 Å². The molecule has 1 aliphatic rings. The quantitative estimate of drug-likeness (QED) is 0.672. The number of carbonyl (C=O) groups is 1. The monoisotopic (exact) mass is 369 g/mol. The van der Waals surface area contributed by atoms with E-state index < -0.39 is 15.6 Å². The second-order valence-electron chi connectivity index (χ2n) is 7.14. The molecule has 2 rings (SSSR count). The third-order valence-electron chi connectivity index (χ3n) is 4.10. The van der Waals surface area contributed by atoms with Crippen molar-refractivity contribution < 1.29 is 17.9 Å². The topological polar surface area (TPSA) is 111 Å². The Morgan fingerprint density at radius 2 is 1.96 bits per heavy atom. The minimum absolute atomic E-state index is 0.0263. The van der Waals surface area contributed by atoms with E-state index in [0.29, 0.717) is 0 Å². The van der Waals surface area contributed by atoms with Crippen molar-refractivity contribution in [1.29, 1.82) is 0 Å². The molecule has 0 aromatic heterocycles. The summed E-state index contributed by atoms with van der Waals surface area (Å²) in [6.07, 6.45) is 3.68. The summed E-state index contributed by atoms with van der Waals surface area (Å²) in [6, 6.07) is 4.30. The van der Waals surface area contributed by atoms with Crippen LogP contribution < -0.4 is 20.5 Å². The van der Waals surface area contributed by atoms with E-state index in [2.05, 4.69) is 10.0 Å². The van der Waals surface area contributed by atoms with Gasteiger partial charge in [0.1, 0.15) is 10.6 Å². The summed E-state index contributed by atoms with van der Waals surface area (Å²) >= 11 is 0. The van der Waals surface area contributed by atoms with Gasteiger partial charge >= 0.3 is 0 Å². The average Bonchev–Trinajstić information content (AvgIpc) is 3.03. The first kappa shape index (κ1) is 19.7. The van der Waals surface area contributed by atoms with Crippen LogP contribution >= 0.6 is 0 Å². The van der Waals surface area contributed by atoms with E-state index in [4.69, 9.17) is 10.5 Å². The summed E-state index contributed by atoms with van der Waals surface area (Å²) in [5, 5.41) is 2.71. The van der Waals surface area contributed by atoms with Crippen molar-refractivity contribution in [2.24, 2.45) is 5.73 Å². The molecule has 0 atom stereocenters. The predicted molar refractivity (Wildman–Crippen MR) is 96.2 cm³/mol. The van der Waals surface area contributed by atoms with Gasteiger partial charge in [0.15, 0.2) is 0 Å². The van der Waals surface area contributed by atoms with E-state index in [0.717, 1.165) is 25.7 Å². The molecule has 4 N–H and O–H groups in total. The zero-order valence-electron chi connectivity index (χ0n) is 15.0. The van der Waals surface area contributed by atoms with Gasteiger partial charge in [-0.2, -0.15) is 0 Å². The van der Waals surface area contributed by atoms with Crippen LogP contribution in [0.4, 0.5) is 0 Å². The summed E-state index contributed by atoms with van der Waals surface area (Å²) in [7, 11) is -2.36. The molecule has 1 aromatic rings. The van der Waals surface area contributed by atoms with Crippen LogP contribution in [-0.2, 0) is 10.0 Å². The fourth-order valence-electron chi connectivity index (χ4n) is 2.76. The van der Waals surface area contributed by atoms with E-state index in [1.54, 1.807) is 13.8 Å². The van der Waals surface area contributed by atoms with E-state index >= 15 is 0 Å². The van der Waals surface area contributed by atoms with Gasteiger partial charge < -0.3 is 15.8 Å².